The van der Waals surface area contributed by atoms with Crippen LogP contribution in [0.4, 0.5) is 13.2 Å². The number of aromatic nitrogens is 2. The Kier molecular flexibility index (Phi) is 5.03. The number of benzene rings is 2. The third-order valence-corrected chi connectivity index (χ3v) is 6.17. The fourth-order valence-electron chi connectivity index (χ4n) is 4.42. The molecule has 2 aliphatic rings. The lowest BCUT2D eigenvalue weighted by Gasteiger charge is -2.29. The Labute approximate surface area is 192 Å². The topological polar surface area (TPSA) is 84.3 Å². The minimum Gasteiger partial charge on any atom is -0.333 e. The quantitative estimate of drug-likeness (QED) is 0.596. The van der Waals surface area contributed by atoms with Gasteiger partial charge in [-0.05, 0) is 36.2 Å². The van der Waals surface area contributed by atoms with Gasteiger partial charge in [0, 0.05) is 42.9 Å². The first-order chi connectivity index (χ1) is 16.1. The highest BCUT2D eigenvalue weighted by molar-refractivity contribution is 6.05. The number of hydrogen-bond acceptors (Lipinski definition) is 4. The number of aryl methyl sites for hydroxylation is 1. The van der Waals surface area contributed by atoms with Gasteiger partial charge in [0.15, 0.2) is 0 Å². The summed E-state index contributed by atoms with van der Waals surface area (Å²) in [5.41, 5.74) is 2.40. The second kappa shape index (κ2) is 7.82. The van der Waals surface area contributed by atoms with Crippen LogP contribution in [-0.2, 0) is 29.4 Å². The minimum atomic E-state index is -4.41. The van der Waals surface area contributed by atoms with Crippen molar-refractivity contribution in [1.82, 2.24) is 19.8 Å². The monoisotopic (exact) mass is 468 g/mol. The maximum atomic E-state index is 12.9. The number of carbonyl (C=O) groups is 3. The van der Waals surface area contributed by atoms with Crippen LogP contribution in [0.25, 0.3) is 22.6 Å². The van der Waals surface area contributed by atoms with Crippen LogP contribution in [0.15, 0.2) is 48.7 Å². The number of halogens is 3. The highest BCUT2D eigenvalue weighted by atomic mass is 19.4. The van der Waals surface area contributed by atoms with Crippen molar-refractivity contribution < 1.29 is 27.6 Å². The van der Waals surface area contributed by atoms with Crippen molar-refractivity contribution in [3.05, 3.63) is 65.4 Å². The summed E-state index contributed by atoms with van der Waals surface area (Å²) in [5.74, 6) is -0.566. The van der Waals surface area contributed by atoms with E-state index in [0.717, 1.165) is 23.3 Å². The van der Waals surface area contributed by atoms with Crippen LogP contribution in [0.1, 0.15) is 34.3 Å². The van der Waals surface area contributed by atoms with Crippen molar-refractivity contribution >= 4 is 17.7 Å². The Morgan fingerprint density at radius 1 is 1.03 bits per heavy atom. The maximum Gasteiger partial charge on any atom is 0.416 e. The third-order valence-electron chi connectivity index (χ3n) is 6.17. The van der Waals surface area contributed by atoms with E-state index in [1.807, 2.05) is 6.07 Å². The van der Waals surface area contributed by atoms with Gasteiger partial charge in [-0.15, -0.1) is 0 Å². The molecular formula is C24H19F3N4O3. The summed E-state index contributed by atoms with van der Waals surface area (Å²) in [6.07, 6.45) is -2.17. The van der Waals surface area contributed by atoms with E-state index in [-0.39, 0.29) is 31.2 Å². The van der Waals surface area contributed by atoms with Gasteiger partial charge < -0.3 is 9.47 Å². The Morgan fingerprint density at radius 3 is 2.41 bits per heavy atom. The summed E-state index contributed by atoms with van der Waals surface area (Å²) in [5, 5.41) is 2.28. The van der Waals surface area contributed by atoms with E-state index in [2.05, 4.69) is 10.3 Å². The number of nitrogens with zero attached hydrogens (tertiary/aromatic N) is 3. The van der Waals surface area contributed by atoms with Gasteiger partial charge in [-0.1, -0.05) is 18.2 Å². The Hall–Kier alpha value is -3.95. The smallest absolute Gasteiger partial charge is 0.333 e. The molecule has 2 aliphatic heterocycles. The number of hydrogen-bond donors (Lipinski definition) is 1. The first-order valence-corrected chi connectivity index (χ1v) is 10.6. The first kappa shape index (κ1) is 21.9. The van der Waals surface area contributed by atoms with Crippen molar-refractivity contribution in [2.24, 2.45) is 7.05 Å². The Morgan fingerprint density at radius 2 is 1.74 bits per heavy atom. The zero-order valence-electron chi connectivity index (χ0n) is 18.0. The largest absolute Gasteiger partial charge is 0.416 e. The fraction of sp³-hybridized carbons (Fsp3) is 0.250. The first-order valence-electron chi connectivity index (χ1n) is 10.6. The summed E-state index contributed by atoms with van der Waals surface area (Å²) >= 11 is 0. The number of imide groups is 1. The van der Waals surface area contributed by atoms with E-state index < -0.39 is 23.7 Å². The van der Waals surface area contributed by atoms with Gasteiger partial charge in [0.1, 0.15) is 11.9 Å². The molecule has 1 fully saturated rings. The number of alkyl halides is 3. The van der Waals surface area contributed by atoms with Crippen LogP contribution >= 0.6 is 0 Å². The molecule has 1 unspecified atom stereocenters. The molecule has 5 rings (SSSR count). The number of carbonyl (C=O) groups excluding carboxylic acids is 3. The summed E-state index contributed by atoms with van der Waals surface area (Å²) < 4.78 is 40.3. The third kappa shape index (κ3) is 3.74. The minimum absolute atomic E-state index is 0.183. The molecule has 1 atom stereocenters. The molecular weight excluding hydrogens is 449 g/mol. The second-order valence-electron chi connectivity index (χ2n) is 8.41. The zero-order valence-corrected chi connectivity index (χ0v) is 18.0. The Bertz CT molecular complexity index is 1330. The standard InChI is InChI=1S/C24H19F3N4O3/c1-30-12-18(28-21(30)13-2-5-16(6-3-13)24(25,26)27)14-4-7-17-15(10-14)11-31(23(17)34)19-8-9-20(32)29-22(19)33/h2-7,10,12,19H,8-9,11H2,1H3,(H,29,32,33). The van der Waals surface area contributed by atoms with Crippen LogP contribution in [-0.4, -0.2) is 38.2 Å². The van der Waals surface area contributed by atoms with Crippen LogP contribution in [0.3, 0.4) is 0 Å². The van der Waals surface area contributed by atoms with E-state index >= 15 is 0 Å². The molecule has 0 radical (unpaired) electrons. The van der Waals surface area contributed by atoms with Crippen LogP contribution in [0, 0.1) is 0 Å². The van der Waals surface area contributed by atoms with E-state index in [1.54, 1.807) is 29.9 Å². The molecule has 10 heteroatoms. The molecule has 0 bridgehead atoms. The van der Waals surface area contributed by atoms with Crippen LogP contribution in [0.2, 0.25) is 0 Å². The number of piperidine rings is 1. The summed E-state index contributed by atoms with van der Waals surface area (Å²) in [4.78, 5) is 42.6. The van der Waals surface area contributed by atoms with Crippen molar-refractivity contribution in [2.45, 2.75) is 31.6 Å². The fourth-order valence-corrected chi connectivity index (χ4v) is 4.42. The molecule has 0 spiro atoms. The Balaban J connectivity index is 1.41. The molecule has 174 valence electrons. The lowest BCUT2D eigenvalue weighted by molar-refractivity contribution is -0.138. The number of nitrogens with one attached hydrogen (secondary N) is 1. The van der Waals surface area contributed by atoms with Crippen molar-refractivity contribution in [1.29, 1.82) is 0 Å². The van der Waals surface area contributed by atoms with Crippen molar-refractivity contribution in [3.63, 3.8) is 0 Å². The molecule has 0 aliphatic carbocycles. The maximum absolute atomic E-state index is 12.9. The molecule has 3 aromatic rings. The molecule has 1 aromatic heterocycles. The average Bonchev–Trinajstić information content (AvgIpc) is 3.33. The SMILES string of the molecule is Cn1cc(-c2ccc3c(c2)CN(C2CCC(=O)NC2=O)C3=O)nc1-c1ccc(C(F)(F)F)cc1. The van der Waals surface area contributed by atoms with Gasteiger partial charge in [-0.3, -0.25) is 19.7 Å². The summed E-state index contributed by atoms with van der Waals surface area (Å²) in [6, 6.07) is 9.39. The molecule has 0 saturated carbocycles. The highest BCUT2D eigenvalue weighted by Gasteiger charge is 2.39. The predicted molar refractivity (Wildman–Crippen MR) is 115 cm³/mol. The van der Waals surface area contributed by atoms with E-state index in [9.17, 15) is 27.6 Å². The lowest BCUT2D eigenvalue weighted by atomic mass is 10.0. The average molecular weight is 468 g/mol. The second-order valence-corrected chi connectivity index (χ2v) is 8.41. The van der Waals surface area contributed by atoms with Gasteiger partial charge in [0.05, 0.1) is 11.3 Å². The zero-order chi connectivity index (χ0) is 24.2. The summed E-state index contributed by atoms with van der Waals surface area (Å²) in [7, 11) is 1.76. The van der Waals surface area contributed by atoms with E-state index in [0.29, 0.717) is 22.6 Å². The van der Waals surface area contributed by atoms with E-state index in [4.69, 9.17) is 0 Å². The molecule has 1 saturated heterocycles. The lowest BCUT2D eigenvalue weighted by Crippen LogP contribution is -2.52. The van der Waals surface area contributed by atoms with Gasteiger partial charge in [0.2, 0.25) is 11.8 Å². The van der Waals surface area contributed by atoms with Gasteiger partial charge in [-0.2, -0.15) is 13.2 Å². The van der Waals surface area contributed by atoms with Crippen molar-refractivity contribution in [2.75, 3.05) is 0 Å². The van der Waals surface area contributed by atoms with Gasteiger partial charge in [-0.25, -0.2) is 4.98 Å². The van der Waals surface area contributed by atoms with Crippen LogP contribution < -0.4 is 5.32 Å². The van der Waals surface area contributed by atoms with Gasteiger partial charge >= 0.3 is 6.18 Å². The van der Waals surface area contributed by atoms with Crippen molar-refractivity contribution in [3.8, 4) is 22.6 Å². The predicted octanol–water partition coefficient (Wildman–Crippen LogP) is 3.53. The number of imidazole rings is 1. The number of rotatable bonds is 3. The number of fused-ring (bicyclic) bond motifs is 1. The van der Waals surface area contributed by atoms with Gasteiger partial charge in [0.25, 0.3) is 5.91 Å². The molecule has 34 heavy (non-hydrogen) atoms. The highest BCUT2D eigenvalue weighted by Crippen LogP contribution is 2.33. The van der Waals surface area contributed by atoms with Crippen LogP contribution in [0.5, 0.6) is 0 Å². The molecule has 2 aromatic carbocycles. The molecule has 3 heterocycles. The normalized spacial score (nSPS) is 18.3. The number of amides is 3. The molecule has 1 N–H and O–H groups in total. The molecule has 3 amide bonds. The van der Waals surface area contributed by atoms with E-state index in [1.165, 1.54) is 17.0 Å². The molecule has 7 nitrogen and oxygen atoms in total. The summed E-state index contributed by atoms with van der Waals surface area (Å²) in [6.45, 7) is 0.243.